The van der Waals surface area contributed by atoms with Crippen molar-refractivity contribution < 1.29 is 89.4 Å². The molecule has 0 aromatic carbocycles. The Hall–Kier alpha value is -3.55. The van der Waals surface area contributed by atoms with E-state index >= 15 is 0 Å². The van der Waals surface area contributed by atoms with Crippen LogP contribution in [0.3, 0.4) is 0 Å². The van der Waals surface area contributed by atoms with Crippen LogP contribution in [0, 0.1) is 0 Å². The highest BCUT2D eigenvalue weighted by Crippen LogP contribution is 2.33. The number of allylic oxidation sites excluding steroid dienone is 17. The molecule has 19 nitrogen and oxygen atoms in total. The molecule has 3 saturated heterocycles. The molecule has 0 bridgehead atoms. The van der Waals surface area contributed by atoms with Crippen molar-refractivity contribution in [1.29, 1.82) is 0 Å². The summed E-state index contributed by atoms with van der Waals surface area (Å²) in [6.07, 6.45) is 50.5. The number of nitrogens with one attached hydrogen (secondary N) is 1. The van der Waals surface area contributed by atoms with E-state index in [1.54, 1.807) is 6.08 Å². The number of hydrogen-bond acceptors (Lipinski definition) is 18. The first kappa shape index (κ1) is 86.7. The van der Waals surface area contributed by atoms with Crippen molar-refractivity contribution in [1.82, 2.24) is 5.32 Å². The number of rotatable bonds is 56. The fourth-order valence-electron chi connectivity index (χ4n) is 11.9. The summed E-state index contributed by atoms with van der Waals surface area (Å²) < 4.78 is 34.4. The molecule has 0 spiro atoms. The highest BCUT2D eigenvalue weighted by molar-refractivity contribution is 5.76. The summed E-state index contributed by atoms with van der Waals surface area (Å²) in [5.41, 5.74) is 0. The number of hydrogen-bond donors (Lipinski definition) is 12. The molecule has 3 aliphatic heterocycles. The summed E-state index contributed by atoms with van der Waals surface area (Å²) in [5, 5.41) is 121. The van der Waals surface area contributed by atoms with Crippen molar-refractivity contribution in [3.05, 3.63) is 109 Å². The first-order valence-corrected chi connectivity index (χ1v) is 37.1. The minimum Gasteiger partial charge on any atom is -0.394 e. The quantitative estimate of drug-likeness (QED) is 0.0199. The van der Waals surface area contributed by atoms with Crippen LogP contribution in [-0.4, -0.2) is 193 Å². The fourth-order valence-corrected chi connectivity index (χ4v) is 11.9. The van der Waals surface area contributed by atoms with Crippen LogP contribution < -0.4 is 5.32 Å². The fraction of sp³-hybridized carbons (Fsp3) is 0.753. The Labute approximate surface area is 576 Å². The zero-order valence-electron chi connectivity index (χ0n) is 58.6. The molecule has 3 aliphatic rings. The molecular weight excluding hydrogens is 1230 g/mol. The van der Waals surface area contributed by atoms with E-state index in [1.165, 1.54) is 96.3 Å². The van der Waals surface area contributed by atoms with Crippen LogP contribution in [-0.2, 0) is 33.2 Å². The monoisotopic (exact) mass is 1360 g/mol. The van der Waals surface area contributed by atoms with Crippen LogP contribution in [0.1, 0.15) is 239 Å². The van der Waals surface area contributed by atoms with E-state index in [2.05, 4.69) is 116 Å². The van der Waals surface area contributed by atoms with E-state index in [0.29, 0.717) is 6.42 Å². The predicted octanol–water partition coefficient (Wildman–Crippen LogP) is 11.0. The number of unbranched alkanes of at least 4 members (excludes halogenated alkanes) is 24. The number of aliphatic hydroxyl groups is 11. The normalized spacial score (nSPS) is 27.7. The third-order valence-corrected chi connectivity index (χ3v) is 17.8. The number of aliphatic hydroxyl groups excluding tert-OH is 11. The lowest BCUT2D eigenvalue weighted by Gasteiger charge is -2.48. The number of amides is 1. The largest absolute Gasteiger partial charge is 0.394 e. The van der Waals surface area contributed by atoms with Gasteiger partial charge in [0, 0.05) is 6.42 Å². The Morgan fingerprint density at radius 1 is 0.385 bits per heavy atom. The van der Waals surface area contributed by atoms with Crippen LogP contribution in [0.4, 0.5) is 0 Å². The Bertz CT molecular complexity index is 2160. The number of carbonyl (C=O) groups is 1. The average molecular weight is 1360 g/mol. The van der Waals surface area contributed by atoms with Gasteiger partial charge < -0.3 is 89.9 Å². The van der Waals surface area contributed by atoms with Gasteiger partial charge in [0.1, 0.15) is 73.2 Å². The van der Waals surface area contributed by atoms with Gasteiger partial charge in [0.25, 0.3) is 0 Å². The van der Waals surface area contributed by atoms with Crippen molar-refractivity contribution in [3.8, 4) is 0 Å². The Morgan fingerprint density at radius 3 is 1.12 bits per heavy atom. The number of carbonyl (C=O) groups excluding carboxylic acids is 1. The topological polar surface area (TPSA) is 307 Å². The maximum Gasteiger partial charge on any atom is 0.220 e. The highest BCUT2D eigenvalue weighted by atomic mass is 16.8. The molecule has 17 atom stereocenters. The molecular formula is C77H131NO18. The molecule has 96 heavy (non-hydrogen) atoms. The van der Waals surface area contributed by atoms with Crippen molar-refractivity contribution in [3.63, 3.8) is 0 Å². The first-order chi connectivity index (χ1) is 46.8. The molecule has 1 amide bonds. The second kappa shape index (κ2) is 57.1. The Morgan fingerprint density at radius 2 is 0.719 bits per heavy atom. The van der Waals surface area contributed by atoms with Crippen molar-refractivity contribution in [2.75, 3.05) is 26.4 Å². The van der Waals surface area contributed by atoms with E-state index in [0.717, 1.165) is 116 Å². The van der Waals surface area contributed by atoms with Gasteiger partial charge in [-0.1, -0.05) is 258 Å². The second-order valence-corrected chi connectivity index (χ2v) is 26.0. The van der Waals surface area contributed by atoms with E-state index in [1.807, 2.05) is 6.08 Å². The minimum absolute atomic E-state index is 0.227. The zero-order chi connectivity index (χ0) is 69.6. The molecule has 0 aromatic rings. The first-order valence-electron chi connectivity index (χ1n) is 37.1. The number of ether oxygens (including phenoxy) is 6. The smallest absolute Gasteiger partial charge is 0.220 e. The van der Waals surface area contributed by atoms with Gasteiger partial charge in [-0.05, 0) is 83.5 Å². The van der Waals surface area contributed by atoms with Crippen LogP contribution >= 0.6 is 0 Å². The van der Waals surface area contributed by atoms with Gasteiger partial charge in [-0.3, -0.25) is 4.79 Å². The highest BCUT2D eigenvalue weighted by Gasteiger charge is 2.53. The van der Waals surface area contributed by atoms with E-state index in [4.69, 9.17) is 28.4 Å². The molecule has 12 N–H and O–H groups in total. The standard InChI is InChI=1S/C77H131NO18/c1-3-5-7-9-11-13-15-17-19-21-23-24-25-26-27-28-29-30-31-32-33-34-35-36-37-39-41-43-45-47-49-51-53-55-65(83)78-60(61(82)54-52-50-48-46-44-42-40-38-22-20-18-16-14-12-10-8-6-4-2)59-91-75-71(89)68(86)73(63(57-80)93-75)96-77-72(90)69(87)74(64(58-81)94-77)95-76-70(88)67(85)66(84)62(56-79)92-76/h5,7,11,13,17,19,23-24,26-27,29-30,32-33,35-36,52,54,60-64,66-77,79-82,84-90H,3-4,6,8-10,12,14-16,18,20-22,25,28,31,34,37-51,53,55-59H2,1-2H3,(H,78,83)/b7-5-,13-11-,19-17-,24-23-,27-26-,30-29-,33-32-,36-35-,54-52+. The summed E-state index contributed by atoms with van der Waals surface area (Å²) in [6.45, 7) is 1.61. The molecule has 0 radical (unpaired) electrons. The molecule has 0 aliphatic carbocycles. The predicted molar refractivity (Wildman–Crippen MR) is 378 cm³/mol. The SMILES string of the molecule is CC/C=C\C/C=C\C/C=C\C/C=C\C/C=C\C/C=C\C/C=C\C/C=C\CCCCCCCCCCC(=O)NC(COC1OC(CO)C(OC2OC(CO)C(OC3OC(CO)C(O)C(O)C3O)C(O)C2O)C(O)C1O)C(O)/C=C/CCCCCCCCCCCCCCCCCC. The van der Waals surface area contributed by atoms with Crippen LogP contribution in [0.25, 0.3) is 0 Å². The van der Waals surface area contributed by atoms with E-state index in [9.17, 15) is 61.0 Å². The lowest BCUT2D eigenvalue weighted by molar-refractivity contribution is -0.379. The molecule has 3 fully saturated rings. The summed E-state index contributed by atoms with van der Waals surface area (Å²) >= 11 is 0. The molecule has 552 valence electrons. The van der Waals surface area contributed by atoms with E-state index < -0.39 is 124 Å². The van der Waals surface area contributed by atoms with Gasteiger partial charge in [0.05, 0.1) is 38.6 Å². The van der Waals surface area contributed by atoms with Crippen LogP contribution in [0.2, 0.25) is 0 Å². The summed E-state index contributed by atoms with van der Waals surface area (Å²) in [4.78, 5) is 13.4. The summed E-state index contributed by atoms with van der Waals surface area (Å²) in [7, 11) is 0. The zero-order valence-corrected chi connectivity index (χ0v) is 58.6. The summed E-state index contributed by atoms with van der Waals surface area (Å²) in [6, 6.07) is -0.986. The van der Waals surface area contributed by atoms with Gasteiger partial charge in [-0.15, -0.1) is 0 Å². The van der Waals surface area contributed by atoms with Crippen molar-refractivity contribution in [2.24, 2.45) is 0 Å². The van der Waals surface area contributed by atoms with Crippen molar-refractivity contribution >= 4 is 5.91 Å². The molecule has 3 rings (SSSR count). The van der Waals surface area contributed by atoms with Gasteiger partial charge in [-0.25, -0.2) is 0 Å². The Kier molecular flexibility index (Phi) is 51.6. The van der Waals surface area contributed by atoms with Gasteiger partial charge in [-0.2, -0.15) is 0 Å². The lowest BCUT2D eigenvalue weighted by atomic mass is 9.96. The maximum absolute atomic E-state index is 13.4. The van der Waals surface area contributed by atoms with Crippen LogP contribution in [0.15, 0.2) is 109 Å². The third kappa shape index (κ3) is 37.8. The van der Waals surface area contributed by atoms with Crippen molar-refractivity contribution in [2.45, 2.75) is 343 Å². The minimum atomic E-state index is -1.98. The van der Waals surface area contributed by atoms with Gasteiger partial charge >= 0.3 is 0 Å². The molecule has 0 saturated carbocycles. The second-order valence-electron chi connectivity index (χ2n) is 26.0. The summed E-state index contributed by atoms with van der Waals surface area (Å²) in [5.74, 6) is -0.288. The molecule has 0 aromatic heterocycles. The molecule has 17 unspecified atom stereocenters. The molecule has 3 heterocycles. The lowest BCUT2D eigenvalue weighted by Crippen LogP contribution is -2.66. The van der Waals surface area contributed by atoms with E-state index in [-0.39, 0.29) is 18.9 Å². The third-order valence-electron chi connectivity index (χ3n) is 17.8. The van der Waals surface area contributed by atoms with Crippen LogP contribution in [0.5, 0.6) is 0 Å². The maximum atomic E-state index is 13.4. The average Bonchev–Trinajstić information content (AvgIpc) is 0.787. The van der Waals surface area contributed by atoms with Gasteiger partial charge in [0.2, 0.25) is 5.91 Å². The van der Waals surface area contributed by atoms with Gasteiger partial charge in [0.15, 0.2) is 18.9 Å². The Balaban J connectivity index is 1.40. The molecule has 19 heteroatoms.